The van der Waals surface area contributed by atoms with Crippen molar-refractivity contribution in [1.29, 1.82) is 0 Å². The van der Waals surface area contributed by atoms with Crippen LogP contribution in [0.1, 0.15) is 38.9 Å². The van der Waals surface area contributed by atoms with E-state index in [4.69, 9.17) is 9.47 Å². The number of methoxy groups -OCH3 is 1. The first kappa shape index (κ1) is 16.4. The fraction of sp³-hybridized carbons (Fsp3) is 0.571. The molecule has 0 spiro atoms. The predicted octanol–water partition coefficient (Wildman–Crippen LogP) is 2.84. The van der Waals surface area contributed by atoms with Crippen molar-refractivity contribution in [1.82, 2.24) is 0 Å². The van der Waals surface area contributed by atoms with Gasteiger partial charge in [0.05, 0.1) is 23.2 Å². The molecular weight excluding hydrogens is 262 g/mol. The molecule has 1 aromatic carbocycles. The van der Waals surface area contributed by atoms with Crippen LogP contribution in [0.5, 0.6) is 5.75 Å². The highest BCUT2D eigenvalue weighted by Gasteiger charge is 2.18. The number of aliphatic hydroxyl groups is 1. The summed E-state index contributed by atoms with van der Waals surface area (Å²) < 4.78 is 10.9. The molecule has 0 unspecified atom stereocenters. The molecule has 0 radical (unpaired) electrons. The largest absolute Gasteiger partial charge is 0.493 e. The van der Waals surface area contributed by atoms with Gasteiger partial charge in [0.25, 0.3) is 5.69 Å². The smallest absolute Gasteiger partial charge is 0.270 e. The predicted molar refractivity (Wildman–Crippen MR) is 74.9 cm³/mol. The lowest BCUT2D eigenvalue weighted by Crippen LogP contribution is -2.25. The first-order chi connectivity index (χ1) is 9.26. The molecule has 0 saturated heterocycles. The van der Waals surface area contributed by atoms with E-state index in [9.17, 15) is 15.2 Å². The lowest BCUT2D eigenvalue weighted by Gasteiger charge is -2.23. The third-order valence-electron chi connectivity index (χ3n) is 3.17. The summed E-state index contributed by atoms with van der Waals surface area (Å²) in [4.78, 5) is 10.2. The molecule has 6 nitrogen and oxygen atoms in total. The number of benzene rings is 1. The van der Waals surface area contributed by atoms with E-state index in [1.807, 2.05) is 13.8 Å². The summed E-state index contributed by atoms with van der Waals surface area (Å²) >= 11 is 0. The molecule has 1 rings (SSSR count). The topological polar surface area (TPSA) is 81.8 Å². The number of hydrogen-bond acceptors (Lipinski definition) is 5. The van der Waals surface area contributed by atoms with Crippen molar-refractivity contribution in [2.75, 3.05) is 13.7 Å². The Kier molecular flexibility index (Phi) is 5.47. The third kappa shape index (κ3) is 4.47. The summed E-state index contributed by atoms with van der Waals surface area (Å²) in [5.41, 5.74) is 0.0473. The van der Waals surface area contributed by atoms with E-state index in [0.29, 0.717) is 24.3 Å². The minimum absolute atomic E-state index is 0.0644. The van der Waals surface area contributed by atoms with Crippen LogP contribution in [0.15, 0.2) is 18.2 Å². The van der Waals surface area contributed by atoms with Gasteiger partial charge in [-0.25, -0.2) is 0 Å². The second kappa shape index (κ2) is 6.67. The Bertz CT molecular complexity index is 471. The molecule has 1 atom stereocenters. The van der Waals surface area contributed by atoms with Gasteiger partial charge >= 0.3 is 0 Å². The first-order valence-electron chi connectivity index (χ1n) is 6.41. The van der Waals surface area contributed by atoms with Gasteiger partial charge in [-0.2, -0.15) is 0 Å². The lowest BCUT2D eigenvalue weighted by atomic mass is 10.1. The van der Waals surface area contributed by atoms with E-state index in [1.165, 1.54) is 18.2 Å². The summed E-state index contributed by atoms with van der Waals surface area (Å²) in [5.74, 6) is 0.456. The van der Waals surface area contributed by atoms with Crippen molar-refractivity contribution < 1.29 is 19.5 Å². The number of aliphatic hydroxyl groups excluding tert-OH is 1. The van der Waals surface area contributed by atoms with Crippen LogP contribution in [-0.2, 0) is 4.74 Å². The molecule has 0 heterocycles. The zero-order chi connectivity index (χ0) is 15.3. The Morgan fingerprint density at radius 1 is 1.45 bits per heavy atom. The Morgan fingerprint density at radius 3 is 2.60 bits per heavy atom. The monoisotopic (exact) mass is 283 g/mol. The molecule has 0 aliphatic heterocycles. The molecule has 0 bridgehead atoms. The van der Waals surface area contributed by atoms with Crippen LogP contribution >= 0.6 is 0 Å². The third-order valence-corrected chi connectivity index (χ3v) is 3.17. The molecule has 0 aliphatic carbocycles. The van der Waals surface area contributed by atoms with Gasteiger partial charge in [0.15, 0.2) is 0 Å². The van der Waals surface area contributed by atoms with Gasteiger partial charge in [0.1, 0.15) is 5.75 Å². The number of non-ortho nitro benzene ring substituents is 1. The molecule has 0 aliphatic rings. The molecular formula is C14H21NO5. The summed E-state index contributed by atoms with van der Waals surface area (Å²) in [6.45, 7) is 5.84. The average Bonchev–Trinajstić information content (AvgIpc) is 2.38. The maximum absolute atomic E-state index is 10.7. The van der Waals surface area contributed by atoms with Gasteiger partial charge in [-0.05, 0) is 26.8 Å². The van der Waals surface area contributed by atoms with E-state index in [-0.39, 0.29) is 11.3 Å². The minimum Gasteiger partial charge on any atom is -0.493 e. The SMILES string of the molecule is COC(C)(C)CCOc1ccc([N+](=O)[O-])cc1[C@@H](C)O. The Balaban J connectivity index is 2.82. The van der Waals surface area contributed by atoms with Gasteiger partial charge in [0.2, 0.25) is 0 Å². The Labute approximate surface area is 118 Å². The number of rotatable bonds is 7. The summed E-state index contributed by atoms with van der Waals surface area (Å²) in [6, 6.07) is 4.21. The molecule has 6 heteroatoms. The van der Waals surface area contributed by atoms with E-state index in [2.05, 4.69) is 0 Å². The fourth-order valence-electron chi connectivity index (χ4n) is 1.62. The highest BCUT2D eigenvalue weighted by atomic mass is 16.6. The van der Waals surface area contributed by atoms with Gasteiger partial charge in [0, 0.05) is 31.2 Å². The molecule has 0 aromatic heterocycles. The fourth-order valence-corrected chi connectivity index (χ4v) is 1.62. The molecule has 0 amide bonds. The lowest BCUT2D eigenvalue weighted by molar-refractivity contribution is -0.385. The van der Waals surface area contributed by atoms with Gasteiger partial charge in [-0.15, -0.1) is 0 Å². The molecule has 1 N–H and O–H groups in total. The highest BCUT2D eigenvalue weighted by molar-refractivity contribution is 5.44. The molecule has 112 valence electrons. The summed E-state index contributed by atoms with van der Waals surface area (Å²) in [6.07, 6.45) is -0.167. The van der Waals surface area contributed by atoms with Crippen molar-refractivity contribution in [3.63, 3.8) is 0 Å². The molecule has 0 saturated carbocycles. The van der Waals surface area contributed by atoms with Crippen LogP contribution in [0, 0.1) is 10.1 Å². The second-order valence-corrected chi connectivity index (χ2v) is 5.22. The summed E-state index contributed by atoms with van der Waals surface area (Å²) in [5, 5.41) is 20.4. The standard InChI is InChI=1S/C14H21NO5/c1-10(16)12-9-11(15(17)18)5-6-13(12)20-8-7-14(2,3)19-4/h5-6,9-10,16H,7-8H2,1-4H3/t10-/m1/s1. The second-order valence-electron chi connectivity index (χ2n) is 5.22. The number of nitro benzene ring substituents is 1. The maximum Gasteiger partial charge on any atom is 0.270 e. The van der Waals surface area contributed by atoms with Crippen LogP contribution < -0.4 is 4.74 Å². The number of ether oxygens (including phenoxy) is 2. The van der Waals surface area contributed by atoms with Crippen molar-refractivity contribution in [3.05, 3.63) is 33.9 Å². The molecule has 1 aromatic rings. The van der Waals surface area contributed by atoms with Crippen molar-refractivity contribution in [2.45, 2.75) is 38.9 Å². The minimum atomic E-state index is -0.833. The first-order valence-corrected chi connectivity index (χ1v) is 6.41. The maximum atomic E-state index is 10.7. The van der Waals surface area contributed by atoms with Gasteiger partial charge in [-0.3, -0.25) is 10.1 Å². The zero-order valence-electron chi connectivity index (χ0n) is 12.3. The molecule has 20 heavy (non-hydrogen) atoms. The van der Waals surface area contributed by atoms with Crippen LogP contribution in [0.3, 0.4) is 0 Å². The number of nitro groups is 1. The summed E-state index contributed by atoms with van der Waals surface area (Å²) in [7, 11) is 1.63. The van der Waals surface area contributed by atoms with Crippen molar-refractivity contribution in [3.8, 4) is 5.75 Å². The van der Waals surface area contributed by atoms with Crippen LogP contribution in [-0.4, -0.2) is 29.3 Å². The number of hydrogen-bond donors (Lipinski definition) is 1. The molecule has 0 fully saturated rings. The zero-order valence-corrected chi connectivity index (χ0v) is 12.3. The van der Waals surface area contributed by atoms with E-state index >= 15 is 0 Å². The van der Waals surface area contributed by atoms with Crippen LogP contribution in [0.2, 0.25) is 0 Å². The Morgan fingerprint density at radius 2 is 2.10 bits per heavy atom. The van der Waals surface area contributed by atoms with E-state index in [1.54, 1.807) is 14.0 Å². The van der Waals surface area contributed by atoms with E-state index < -0.39 is 11.0 Å². The van der Waals surface area contributed by atoms with Crippen LogP contribution in [0.25, 0.3) is 0 Å². The normalized spacial score (nSPS) is 13.1. The van der Waals surface area contributed by atoms with Crippen molar-refractivity contribution in [2.24, 2.45) is 0 Å². The van der Waals surface area contributed by atoms with Gasteiger partial charge in [-0.1, -0.05) is 0 Å². The van der Waals surface area contributed by atoms with E-state index in [0.717, 1.165) is 0 Å². The number of nitrogens with zero attached hydrogens (tertiary/aromatic N) is 1. The average molecular weight is 283 g/mol. The highest BCUT2D eigenvalue weighted by Crippen LogP contribution is 2.29. The van der Waals surface area contributed by atoms with Gasteiger partial charge < -0.3 is 14.6 Å². The van der Waals surface area contributed by atoms with Crippen LogP contribution in [0.4, 0.5) is 5.69 Å². The Hall–Kier alpha value is -1.66. The van der Waals surface area contributed by atoms with Crippen molar-refractivity contribution >= 4 is 5.69 Å². The quantitative estimate of drug-likeness (QED) is 0.614.